The maximum atomic E-state index is 12.9. The average Bonchev–Trinajstić information content (AvgIpc) is 2.91. The molecule has 0 saturated carbocycles. The van der Waals surface area contributed by atoms with Crippen LogP contribution in [0.3, 0.4) is 0 Å². The number of rotatable bonds is 4. The summed E-state index contributed by atoms with van der Waals surface area (Å²) in [7, 11) is 0. The third kappa shape index (κ3) is 3.40. The highest BCUT2D eigenvalue weighted by molar-refractivity contribution is 6.16. The molecule has 148 valence electrons. The number of benzene rings is 2. The molecule has 0 bridgehead atoms. The van der Waals surface area contributed by atoms with Gasteiger partial charge in [0.1, 0.15) is 6.04 Å². The van der Waals surface area contributed by atoms with Gasteiger partial charge < -0.3 is 5.32 Å². The van der Waals surface area contributed by atoms with Gasteiger partial charge in [-0.3, -0.25) is 24.2 Å². The molecule has 1 fully saturated rings. The van der Waals surface area contributed by atoms with Gasteiger partial charge in [-0.25, -0.2) is 4.79 Å². The van der Waals surface area contributed by atoms with Crippen LogP contribution in [-0.4, -0.2) is 41.1 Å². The average molecular weight is 391 g/mol. The Morgan fingerprint density at radius 2 is 1.79 bits per heavy atom. The van der Waals surface area contributed by atoms with E-state index in [4.69, 9.17) is 0 Å². The molecule has 1 atom stereocenters. The number of nitrogens with zero attached hydrogens (tertiary/aromatic N) is 2. The number of fused-ring (bicyclic) bond motifs is 1. The molecule has 2 aliphatic rings. The molecule has 1 saturated heterocycles. The predicted molar refractivity (Wildman–Crippen MR) is 108 cm³/mol. The second-order valence-electron chi connectivity index (χ2n) is 7.43. The van der Waals surface area contributed by atoms with Crippen LogP contribution in [0.2, 0.25) is 0 Å². The van der Waals surface area contributed by atoms with Crippen LogP contribution in [0.15, 0.2) is 42.5 Å². The van der Waals surface area contributed by atoms with Gasteiger partial charge in [-0.1, -0.05) is 17.7 Å². The van der Waals surface area contributed by atoms with Crippen LogP contribution in [0.25, 0.3) is 0 Å². The fraction of sp³-hybridized carbons (Fsp3) is 0.273. The van der Waals surface area contributed by atoms with Gasteiger partial charge >= 0.3 is 6.03 Å². The molecule has 4 amide bonds. The molecular formula is C22H21N3O4. The van der Waals surface area contributed by atoms with Gasteiger partial charge in [-0.05, 0) is 56.2 Å². The van der Waals surface area contributed by atoms with Crippen molar-refractivity contribution in [2.24, 2.45) is 0 Å². The van der Waals surface area contributed by atoms with Crippen LogP contribution in [0.5, 0.6) is 0 Å². The van der Waals surface area contributed by atoms with E-state index < -0.39 is 18.0 Å². The summed E-state index contributed by atoms with van der Waals surface area (Å²) in [5.41, 5.74) is 3.67. The Balaban J connectivity index is 1.54. The first-order chi connectivity index (χ1) is 13.8. The highest BCUT2D eigenvalue weighted by Gasteiger charge is 2.44. The van der Waals surface area contributed by atoms with E-state index in [1.807, 2.05) is 19.1 Å². The van der Waals surface area contributed by atoms with Crippen molar-refractivity contribution in [1.29, 1.82) is 0 Å². The summed E-state index contributed by atoms with van der Waals surface area (Å²) in [6.07, 6.45) is 0.929. The van der Waals surface area contributed by atoms with Crippen molar-refractivity contribution in [2.75, 3.05) is 16.8 Å². The smallest absolute Gasteiger partial charge is 0.326 e. The fourth-order valence-electron chi connectivity index (χ4n) is 3.70. The van der Waals surface area contributed by atoms with E-state index in [1.54, 1.807) is 37.3 Å². The van der Waals surface area contributed by atoms with Gasteiger partial charge in [-0.15, -0.1) is 0 Å². The Morgan fingerprint density at radius 1 is 1.07 bits per heavy atom. The van der Waals surface area contributed by atoms with Crippen LogP contribution in [0, 0.1) is 6.92 Å². The number of amides is 4. The summed E-state index contributed by atoms with van der Waals surface area (Å²) in [5, 5.41) is 2.77. The normalized spacial score (nSPS) is 18.7. The molecule has 0 spiro atoms. The molecule has 7 nitrogen and oxygen atoms in total. The molecule has 0 radical (unpaired) electrons. The molecule has 4 rings (SSSR count). The molecule has 1 N–H and O–H groups in total. The lowest BCUT2D eigenvalue weighted by Crippen LogP contribution is -2.37. The first-order valence-electron chi connectivity index (χ1n) is 9.52. The minimum Gasteiger partial charge on any atom is -0.326 e. The number of Topliss-reactive ketones (excluding diaryl/α,β-unsaturated/α-hetero) is 1. The third-order valence-corrected chi connectivity index (χ3v) is 5.38. The van der Waals surface area contributed by atoms with Crippen LogP contribution < -0.4 is 10.2 Å². The van der Waals surface area contributed by atoms with E-state index in [-0.39, 0.29) is 18.2 Å². The van der Waals surface area contributed by atoms with E-state index in [0.717, 1.165) is 16.0 Å². The van der Waals surface area contributed by atoms with E-state index in [1.165, 1.54) is 4.90 Å². The SMILES string of the molecule is Cc1ccc(N2C(=O)N(CC(=O)c3ccc4c(c3)CCC(=O)N4)C(=O)[C@H]2C)cc1. The number of carbonyl (C=O) groups is 4. The van der Waals surface area contributed by atoms with E-state index in [2.05, 4.69) is 5.32 Å². The van der Waals surface area contributed by atoms with Gasteiger partial charge in [0.2, 0.25) is 5.91 Å². The number of nitrogens with one attached hydrogen (secondary N) is 1. The minimum atomic E-state index is -0.670. The fourth-order valence-corrected chi connectivity index (χ4v) is 3.70. The van der Waals surface area contributed by atoms with Crippen LogP contribution in [-0.2, 0) is 16.0 Å². The van der Waals surface area contributed by atoms with Gasteiger partial charge in [0.15, 0.2) is 5.78 Å². The number of hydrogen-bond donors (Lipinski definition) is 1. The Kier molecular flexibility index (Phi) is 4.66. The second kappa shape index (κ2) is 7.16. The Hall–Kier alpha value is -3.48. The molecule has 2 aliphatic heterocycles. The third-order valence-electron chi connectivity index (χ3n) is 5.38. The van der Waals surface area contributed by atoms with Crippen LogP contribution >= 0.6 is 0 Å². The quantitative estimate of drug-likeness (QED) is 0.641. The first kappa shape index (κ1) is 18.9. The number of anilines is 2. The zero-order valence-electron chi connectivity index (χ0n) is 16.3. The van der Waals surface area contributed by atoms with Crippen molar-refractivity contribution in [2.45, 2.75) is 32.7 Å². The van der Waals surface area contributed by atoms with Gasteiger partial charge in [0, 0.05) is 23.4 Å². The van der Waals surface area contributed by atoms with Crippen molar-refractivity contribution in [3.8, 4) is 0 Å². The van der Waals surface area contributed by atoms with Crippen LogP contribution in [0.1, 0.15) is 34.8 Å². The second-order valence-corrected chi connectivity index (χ2v) is 7.43. The van der Waals surface area contributed by atoms with Crippen LogP contribution in [0.4, 0.5) is 16.2 Å². The lowest BCUT2D eigenvalue weighted by Gasteiger charge is -2.20. The van der Waals surface area contributed by atoms with Crippen molar-refractivity contribution in [3.05, 3.63) is 59.2 Å². The zero-order chi connectivity index (χ0) is 20.7. The topological polar surface area (TPSA) is 86.8 Å². The Labute approximate surface area is 168 Å². The molecule has 0 aliphatic carbocycles. The van der Waals surface area contributed by atoms with Gasteiger partial charge in [-0.2, -0.15) is 0 Å². The molecule has 2 heterocycles. The zero-order valence-corrected chi connectivity index (χ0v) is 16.3. The summed E-state index contributed by atoms with van der Waals surface area (Å²) in [6.45, 7) is 3.29. The lowest BCUT2D eigenvalue weighted by atomic mass is 9.98. The van der Waals surface area contributed by atoms with Crippen molar-refractivity contribution >= 4 is 35.0 Å². The highest BCUT2D eigenvalue weighted by atomic mass is 16.2. The number of aryl methyl sites for hydroxylation is 2. The molecule has 2 aromatic rings. The number of urea groups is 1. The molecule has 7 heteroatoms. The summed E-state index contributed by atoms with van der Waals surface area (Å²) in [5.74, 6) is -0.756. The number of hydrogen-bond acceptors (Lipinski definition) is 4. The van der Waals surface area contributed by atoms with Crippen molar-refractivity contribution < 1.29 is 19.2 Å². The highest BCUT2D eigenvalue weighted by Crippen LogP contribution is 2.27. The van der Waals surface area contributed by atoms with Crippen molar-refractivity contribution in [1.82, 2.24) is 4.90 Å². The maximum Gasteiger partial charge on any atom is 0.332 e. The molecule has 29 heavy (non-hydrogen) atoms. The van der Waals surface area contributed by atoms with E-state index in [0.29, 0.717) is 29.8 Å². The standard InChI is InChI=1S/C22H21N3O4/c1-13-3-7-17(8-4-13)25-14(2)21(28)24(22(25)29)12-19(26)16-5-9-18-15(11-16)6-10-20(27)23-18/h3-5,7-9,11,14H,6,10,12H2,1-2H3,(H,23,27)/t14-/m1/s1. The summed E-state index contributed by atoms with van der Waals surface area (Å²) in [4.78, 5) is 52.2. The van der Waals surface area contributed by atoms with E-state index in [9.17, 15) is 19.2 Å². The number of carbonyl (C=O) groups excluding carboxylic acids is 4. The van der Waals surface area contributed by atoms with Gasteiger partial charge in [0.25, 0.3) is 5.91 Å². The first-order valence-corrected chi connectivity index (χ1v) is 9.52. The summed E-state index contributed by atoms with van der Waals surface area (Å²) in [6, 6.07) is 11.2. The maximum absolute atomic E-state index is 12.9. The van der Waals surface area contributed by atoms with Gasteiger partial charge in [0.05, 0.1) is 6.54 Å². The molecule has 0 aromatic heterocycles. The summed E-state index contributed by atoms with van der Waals surface area (Å²) < 4.78 is 0. The molecular weight excluding hydrogens is 370 g/mol. The van der Waals surface area contributed by atoms with Crippen molar-refractivity contribution in [3.63, 3.8) is 0 Å². The largest absolute Gasteiger partial charge is 0.332 e. The minimum absolute atomic E-state index is 0.0463. The number of imide groups is 1. The molecule has 2 aromatic carbocycles. The monoisotopic (exact) mass is 391 g/mol. The Morgan fingerprint density at radius 3 is 2.52 bits per heavy atom. The Bertz CT molecular complexity index is 1030. The van der Waals surface area contributed by atoms with E-state index >= 15 is 0 Å². The number of ketones is 1. The predicted octanol–water partition coefficient (Wildman–Crippen LogP) is 2.92. The lowest BCUT2D eigenvalue weighted by molar-refractivity contribution is -0.126. The summed E-state index contributed by atoms with van der Waals surface area (Å²) >= 11 is 0. The molecule has 0 unspecified atom stereocenters.